The smallest absolute Gasteiger partial charge is 0.245 e. The van der Waals surface area contributed by atoms with Gasteiger partial charge in [0.1, 0.15) is 6.54 Å². The van der Waals surface area contributed by atoms with Crippen LogP contribution in [0.4, 0.5) is 11.4 Å². The molecular formula is C20H26N2O3S. The first-order chi connectivity index (χ1) is 12.0. The number of rotatable bonds is 5. The second-order valence-corrected chi connectivity index (χ2v) is 9.34. The lowest BCUT2D eigenvalue weighted by atomic mass is 9.87. The molecule has 0 saturated carbocycles. The maximum Gasteiger partial charge on any atom is 0.245 e. The Balaban J connectivity index is 2.23. The van der Waals surface area contributed by atoms with Gasteiger partial charge in [-0.3, -0.25) is 9.10 Å². The zero-order chi connectivity index (χ0) is 19.5. The molecule has 0 saturated heterocycles. The number of hydrogen-bond acceptors (Lipinski definition) is 3. The topological polar surface area (TPSA) is 66.5 Å². The predicted octanol–water partition coefficient (Wildman–Crippen LogP) is 3.70. The maximum atomic E-state index is 12.4. The standard InChI is InChI=1S/C20H26N2O3S/c1-15-8-6-7-9-18(15)21-19(23)14-22(26(5,24)25)17-12-10-16(11-13-17)20(2,3)4/h6-13H,14H2,1-5H3,(H,21,23). The summed E-state index contributed by atoms with van der Waals surface area (Å²) in [6.07, 6.45) is 1.10. The highest BCUT2D eigenvalue weighted by atomic mass is 32.2. The fourth-order valence-electron chi connectivity index (χ4n) is 2.56. The quantitative estimate of drug-likeness (QED) is 0.868. The molecule has 0 aliphatic carbocycles. The molecule has 0 heterocycles. The molecule has 1 N–H and O–H groups in total. The zero-order valence-electron chi connectivity index (χ0n) is 15.9. The molecular weight excluding hydrogens is 348 g/mol. The highest BCUT2D eigenvalue weighted by Gasteiger charge is 2.22. The van der Waals surface area contributed by atoms with Crippen LogP contribution in [0.5, 0.6) is 0 Å². The van der Waals surface area contributed by atoms with E-state index >= 15 is 0 Å². The van der Waals surface area contributed by atoms with E-state index < -0.39 is 10.0 Å². The molecule has 26 heavy (non-hydrogen) atoms. The average molecular weight is 375 g/mol. The van der Waals surface area contributed by atoms with Crippen molar-refractivity contribution in [3.63, 3.8) is 0 Å². The first-order valence-corrected chi connectivity index (χ1v) is 10.3. The Bertz CT molecular complexity index is 882. The van der Waals surface area contributed by atoms with Gasteiger partial charge in [0.05, 0.1) is 11.9 Å². The molecule has 0 spiro atoms. The van der Waals surface area contributed by atoms with E-state index in [1.165, 1.54) is 0 Å². The highest BCUT2D eigenvalue weighted by Crippen LogP contribution is 2.26. The number of aryl methyl sites for hydroxylation is 1. The van der Waals surface area contributed by atoms with Gasteiger partial charge >= 0.3 is 0 Å². The molecule has 0 aliphatic heterocycles. The predicted molar refractivity (Wildman–Crippen MR) is 107 cm³/mol. The third kappa shape index (κ3) is 5.08. The largest absolute Gasteiger partial charge is 0.324 e. The minimum Gasteiger partial charge on any atom is -0.324 e. The number of carbonyl (C=O) groups excluding carboxylic acids is 1. The lowest BCUT2D eigenvalue weighted by molar-refractivity contribution is -0.114. The normalized spacial score (nSPS) is 11.9. The van der Waals surface area contributed by atoms with Crippen molar-refractivity contribution in [3.05, 3.63) is 59.7 Å². The second-order valence-electron chi connectivity index (χ2n) is 7.43. The van der Waals surface area contributed by atoms with E-state index in [0.717, 1.165) is 21.7 Å². The van der Waals surface area contributed by atoms with Crippen molar-refractivity contribution in [2.75, 3.05) is 22.4 Å². The van der Waals surface area contributed by atoms with Crippen molar-refractivity contribution < 1.29 is 13.2 Å². The Hall–Kier alpha value is -2.34. The van der Waals surface area contributed by atoms with Crippen LogP contribution < -0.4 is 9.62 Å². The van der Waals surface area contributed by atoms with Gasteiger partial charge in [-0.15, -0.1) is 0 Å². The number of nitrogens with zero attached hydrogens (tertiary/aromatic N) is 1. The highest BCUT2D eigenvalue weighted by molar-refractivity contribution is 7.92. The number of hydrogen-bond donors (Lipinski definition) is 1. The third-order valence-electron chi connectivity index (χ3n) is 4.13. The zero-order valence-corrected chi connectivity index (χ0v) is 16.7. The average Bonchev–Trinajstić information content (AvgIpc) is 2.53. The van der Waals surface area contributed by atoms with Gasteiger partial charge in [-0.25, -0.2) is 8.42 Å². The number of carbonyl (C=O) groups is 1. The van der Waals surface area contributed by atoms with E-state index in [1.807, 2.05) is 37.3 Å². The molecule has 140 valence electrons. The molecule has 5 nitrogen and oxygen atoms in total. The summed E-state index contributed by atoms with van der Waals surface area (Å²) < 4.78 is 25.5. The summed E-state index contributed by atoms with van der Waals surface area (Å²) >= 11 is 0. The lowest BCUT2D eigenvalue weighted by Crippen LogP contribution is -2.37. The summed E-state index contributed by atoms with van der Waals surface area (Å²) in [6.45, 7) is 7.88. The van der Waals surface area contributed by atoms with Crippen LogP contribution in [0.3, 0.4) is 0 Å². The number of anilines is 2. The van der Waals surface area contributed by atoms with E-state index in [2.05, 4.69) is 26.1 Å². The van der Waals surface area contributed by atoms with Crippen LogP contribution >= 0.6 is 0 Å². The minimum atomic E-state index is -3.59. The number of benzene rings is 2. The first-order valence-electron chi connectivity index (χ1n) is 8.42. The van der Waals surface area contributed by atoms with Gasteiger partial charge in [-0.1, -0.05) is 51.1 Å². The molecule has 0 aromatic heterocycles. The van der Waals surface area contributed by atoms with Gasteiger partial charge in [0.15, 0.2) is 0 Å². The van der Waals surface area contributed by atoms with Crippen molar-refractivity contribution in [3.8, 4) is 0 Å². The molecule has 2 aromatic carbocycles. The molecule has 2 rings (SSSR count). The summed E-state index contributed by atoms with van der Waals surface area (Å²) in [4.78, 5) is 12.4. The van der Waals surface area contributed by atoms with Crippen molar-refractivity contribution in [1.29, 1.82) is 0 Å². The Morgan fingerprint density at radius 1 is 1.04 bits per heavy atom. The SMILES string of the molecule is Cc1ccccc1NC(=O)CN(c1ccc(C(C)(C)C)cc1)S(C)(=O)=O. The van der Waals surface area contributed by atoms with Crippen LogP contribution in [0.1, 0.15) is 31.9 Å². The minimum absolute atomic E-state index is 0.0311. The van der Waals surface area contributed by atoms with Crippen molar-refractivity contribution in [1.82, 2.24) is 0 Å². The lowest BCUT2D eigenvalue weighted by Gasteiger charge is -2.24. The van der Waals surface area contributed by atoms with Crippen LogP contribution in [-0.4, -0.2) is 27.1 Å². The molecule has 0 atom stereocenters. The molecule has 0 fully saturated rings. The summed E-state index contributed by atoms with van der Waals surface area (Å²) in [5, 5.41) is 2.77. The second kappa shape index (κ2) is 7.50. The summed E-state index contributed by atoms with van der Waals surface area (Å²) in [7, 11) is -3.59. The Morgan fingerprint density at radius 3 is 2.12 bits per heavy atom. The number of sulfonamides is 1. The molecule has 0 aliphatic rings. The maximum absolute atomic E-state index is 12.4. The van der Waals surface area contributed by atoms with E-state index in [9.17, 15) is 13.2 Å². The van der Waals surface area contributed by atoms with Gasteiger partial charge in [0.2, 0.25) is 15.9 Å². The number of amides is 1. The molecule has 0 radical (unpaired) electrons. The Labute approximate surface area is 156 Å². The third-order valence-corrected chi connectivity index (χ3v) is 5.27. The van der Waals surface area contributed by atoms with Gasteiger partial charge in [-0.2, -0.15) is 0 Å². The van der Waals surface area contributed by atoms with Gasteiger partial charge in [0, 0.05) is 5.69 Å². The van der Waals surface area contributed by atoms with Gasteiger partial charge in [-0.05, 0) is 41.7 Å². The van der Waals surface area contributed by atoms with E-state index in [0.29, 0.717) is 11.4 Å². The van der Waals surface area contributed by atoms with Crippen LogP contribution in [-0.2, 0) is 20.2 Å². The fourth-order valence-corrected chi connectivity index (χ4v) is 3.42. The first kappa shape index (κ1) is 20.0. The van der Waals surface area contributed by atoms with Crippen molar-refractivity contribution in [2.24, 2.45) is 0 Å². The van der Waals surface area contributed by atoms with Crippen molar-refractivity contribution >= 4 is 27.3 Å². The van der Waals surface area contributed by atoms with Crippen LogP contribution in [0.2, 0.25) is 0 Å². The summed E-state index contributed by atoms with van der Waals surface area (Å²) in [6, 6.07) is 14.6. The fraction of sp³-hybridized carbons (Fsp3) is 0.350. The molecule has 1 amide bonds. The van der Waals surface area contributed by atoms with Crippen LogP contribution in [0.25, 0.3) is 0 Å². The van der Waals surface area contributed by atoms with E-state index in [1.54, 1.807) is 18.2 Å². The van der Waals surface area contributed by atoms with Gasteiger partial charge in [0.25, 0.3) is 0 Å². The van der Waals surface area contributed by atoms with Gasteiger partial charge < -0.3 is 5.32 Å². The Morgan fingerprint density at radius 2 is 1.62 bits per heavy atom. The van der Waals surface area contributed by atoms with E-state index in [-0.39, 0.29) is 17.9 Å². The molecule has 0 unspecified atom stereocenters. The molecule has 2 aromatic rings. The number of para-hydroxylation sites is 1. The Kier molecular flexibility index (Phi) is 5.76. The molecule has 0 bridgehead atoms. The molecule has 6 heteroatoms. The summed E-state index contributed by atoms with van der Waals surface area (Å²) in [5.41, 5.74) is 3.13. The number of nitrogens with one attached hydrogen (secondary N) is 1. The van der Waals surface area contributed by atoms with E-state index in [4.69, 9.17) is 0 Å². The summed E-state index contributed by atoms with van der Waals surface area (Å²) in [5.74, 6) is -0.385. The van der Waals surface area contributed by atoms with Crippen LogP contribution in [0, 0.1) is 6.92 Å². The van der Waals surface area contributed by atoms with Crippen molar-refractivity contribution in [2.45, 2.75) is 33.1 Å². The van der Waals surface area contributed by atoms with Crippen LogP contribution in [0.15, 0.2) is 48.5 Å². The monoisotopic (exact) mass is 374 g/mol.